The van der Waals surface area contributed by atoms with Crippen molar-refractivity contribution in [1.82, 2.24) is 4.90 Å². The molecule has 0 N–H and O–H groups in total. The second-order valence-corrected chi connectivity index (χ2v) is 10.3. The number of piperidine rings is 1. The van der Waals surface area contributed by atoms with Crippen molar-refractivity contribution in [3.63, 3.8) is 0 Å². The van der Waals surface area contributed by atoms with Gasteiger partial charge in [-0.1, -0.05) is 68.5 Å². The minimum Gasteiger partial charge on any atom is -0.444 e. The Morgan fingerprint density at radius 3 is 2.48 bits per heavy atom. The molecule has 2 atom stereocenters. The lowest BCUT2D eigenvalue weighted by Gasteiger charge is -2.43. The predicted octanol–water partition coefficient (Wildman–Crippen LogP) is 6.56. The van der Waals surface area contributed by atoms with E-state index in [1.165, 1.54) is 48.4 Å². The van der Waals surface area contributed by atoms with Gasteiger partial charge in [0.1, 0.15) is 5.60 Å². The fraction of sp³-hybridized carbons (Fsp3) is 0.593. The average Bonchev–Trinajstić information content (AvgIpc) is 2.77. The molecule has 2 unspecified atom stereocenters. The lowest BCUT2D eigenvalue weighted by molar-refractivity contribution is -0.0713. The van der Waals surface area contributed by atoms with Gasteiger partial charge in [0.15, 0.2) is 0 Å². The molecule has 1 saturated heterocycles. The molecule has 0 spiro atoms. The van der Waals surface area contributed by atoms with Gasteiger partial charge < -0.3 is 14.4 Å². The van der Waals surface area contributed by atoms with Crippen molar-refractivity contribution in [3.05, 3.63) is 48.0 Å². The third kappa shape index (κ3) is 5.79. The van der Waals surface area contributed by atoms with Crippen LogP contribution in [0.4, 0.5) is 4.79 Å². The number of fused-ring (bicyclic) bond motifs is 1. The second-order valence-electron chi connectivity index (χ2n) is 10.3. The van der Waals surface area contributed by atoms with Gasteiger partial charge >= 0.3 is 6.09 Å². The molecule has 2 aromatic rings. The Bertz CT molecular complexity index is 881. The van der Waals surface area contributed by atoms with Crippen molar-refractivity contribution in [2.75, 3.05) is 13.1 Å². The van der Waals surface area contributed by atoms with Crippen LogP contribution in [0.3, 0.4) is 0 Å². The molecule has 1 saturated carbocycles. The first-order valence-corrected chi connectivity index (χ1v) is 12.0. The zero-order valence-electron chi connectivity index (χ0n) is 19.3. The highest BCUT2D eigenvalue weighted by Gasteiger charge is 2.38. The van der Waals surface area contributed by atoms with E-state index in [2.05, 4.69) is 42.5 Å². The lowest BCUT2D eigenvalue weighted by atomic mass is 9.74. The number of hydrogen-bond donors (Lipinski definition) is 0. The summed E-state index contributed by atoms with van der Waals surface area (Å²) in [6, 6.07) is 15.0. The molecule has 0 aromatic heterocycles. The topological polar surface area (TPSA) is 38.8 Å². The van der Waals surface area contributed by atoms with Crippen LogP contribution in [-0.2, 0) is 16.1 Å². The molecule has 1 aliphatic carbocycles. The number of carbonyl (C=O) groups excluding carboxylic acids is 1. The molecule has 4 nitrogen and oxygen atoms in total. The van der Waals surface area contributed by atoms with Crippen LogP contribution in [-0.4, -0.2) is 35.8 Å². The lowest BCUT2D eigenvalue weighted by Crippen LogP contribution is -2.51. The third-order valence-corrected chi connectivity index (χ3v) is 6.80. The summed E-state index contributed by atoms with van der Waals surface area (Å²) in [4.78, 5) is 14.6. The highest BCUT2D eigenvalue weighted by Crippen LogP contribution is 2.37. The molecule has 4 heteroatoms. The molecule has 2 aromatic carbocycles. The summed E-state index contributed by atoms with van der Waals surface area (Å²) in [6.45, 7) is 7.75. The summed E-state index contributed by atoms with van der Waals surface area (Å²) < 4.78 is 12.2. The minimum absolute atomic E-state index is 0.0656. The van der Waals surface area contributed by atoms with Crippen LogP contribution in [0.15, 0.2) is 42.5 Å². The zero-order valence-corrected chi connectivity index (χ0v) is 19.3. The fourth-order valence-electron chi connectivity index (χ4n) is 5.24. The summed E-state index contributed by atoms with van der Waals surface area (Å²) in [5.41, 5.74) is 0.717. The van der Waals surface area contributed by atoms with E-state index in [0.717, 1.165) is 18.9 Å². The van der Waals surface area contributed by atoms with E-state index in [4.69, 9.17) is 9.47 Å². The van der Waals surface area contributed by atoms with Gasteiger partial charge in [0.25, 0.3) is 0 Å². The van der Waals surface area contributed by atoms with E-state index in [0.29, 0.717) is 19.1 Å². The largest absolute Gasteiger partial charge is 0.444 e. The van der Waals surface area contributed by atoms with Crippen LogP contribution in [0.5, 0.6) is 0 Å². The molecule has 4 rings (SSSR count). The smallest absolute Gasteiger partial charge is 0.410 e. The number of carbonyl (C=O) groups is 1. The number of hydrogen-bond acceptors (Lipinski definition) is 3. The van der Waals surface area contributed by atoms with Gasteiger partial charge in [0.2, 0.25) is 0 Å². The maximum atomic E-state index is 12.7. The molecule has 31 heavy (non-hydrogen) atoms. The van der Waals surface area contributed by atoms with Crippen LogP contribution in [0.25, 0.3) is 10.8 Å². The molecule has 168 valence electrons. The second kappa shape index (κ2) is 9.60. The monoisotopic (exact) mass is 423 g/mol. The number of ether oxygens (including phenoxy) is 2. The Kier molecular flexibility index (Phi) is 6.86. The molecule has 1 heterocycles. The number of nitrogens with zero attached hydrogens (tertiary/aromatic N) is 1. The summed E-state index contributed by atoms with van der Waals surface area (Å²) in [5.74, 6) is 1.25. The Morgan fingerprint density at radius 1 is 1.00 bits per heavy atom. The van der Waals surface area contributed by atoms with Gasteiger partial charge in [-0.3, -0.25) is 0 Å². The SMILES string of the molecule is CC(C)(C)OC(=O)N1CCC(C2CCCCC2)C(OCc2ccc3ccccc3c2)C1. The number of benzene rings is 2. The average molecular weight is 424 g/mol. The first-order chi connectivity index (χ1) is 14.9. The van der Waals surface area contributed by atoms with Crippen LogP contribution in [0.1, 0.15) is 64.9 Å². The molecule has 1 amide bonds. The zero-order chi connectivity index (χ0) is 21.8. The van der Waals surface area contributed by atoms with Gasteiger partial charge in [0, 0.05) is 6.54 Å². The van der Waals surface area contributed by atoms with E-state index in [1.807, 2.05) is 25.7 Å². The van der Waals surface area contributed by atoms with Crippen LogP contribution in [0, 0.1) is 11.8 Å². The maximum absolute atomic E-state index is 12.7. The van der Waals surface area contributed by atoms with Crippen molar-refractivity contribution < 1.29 is 14.3 Å². The first-order valence-electron chi connectivity index (χ1n) is 12.0. The molecule has 0 radical (unpaired) electrons. The number of rotatable bonds is 4. The summed E-state index contributed by atoms with van der Waals surface area (Å²) in [5, 5.41) is 2.49. The molecule has 1 aliphatic heterocycles. The normalized spacial score (nSPS) is 23.1. The van der Waals surface area contributed by atoms with Crippen molar-refractivity contribution in [3.8, 4) is 0 Å². The number of likely N-dealkylation sites (tertiary alicyclic amines) is 1. The van der Waals surface area contributed by atoms with E-state index < -0.39 is 5.60 Å². The minimum atomic E-state index is -0.473. The molecule has 0 bridgehead atoms. The summed E-state index contributed by atoms with van der Waals surface area (Å²) in [6.07, 6.45) is 7.47. The van der Waals surface area contributed by atoms with Gasteiger partial charge in [-0.15, -0.1) is 0 Å². The van der Waals surface area contributed by atoms with E-state index >= 15 is 0 Å². The van der Waals surface area contributed by atoms with Crippen LogP contribution in [0.2, 0.25) is 0 Å². The highest BCUT2D eigenvalue weighted by molar-refractivity contribution is 5.82. The molecular formula is C27H37NO3. The standard InChI is InChI=1S/C27H37NO3/c1-27(2,3)31-26(29)28-16-15-24(22-10-5-4-6-11-22)25(18-28)30-19-20-13-14-21-9-7-8-12-23(21)17-20/h7-9,12-14,17,22,24-25H,4-6,10-11,15-16,18-19H2,1-3H3. The summed E-state index contributed by atoms with van der Waals surface area (Å²) >= 11 is 0. The Balaban J connectivity index is 1.46. The Labute approximate surface area is 186 Å². The summed E-state index contributed by atoms with van der Waals surface area (Å²) in [7, 11) is 0. The van der Waals surface area contributed by atoms with E-state index in [1.54, 1.807) is 0 Å². The Morgan fingerprint density at radius 2 is 1.74 bits per heavy atom. The predicted molar refractivity (Wildman–Crippen MR) is 125 cm³/mol. The highest BCUT2D eigenvalue weighted by atomic mass is 16.6. The van der Waals surface area contributed by atoms with Crippen molar-refractivity contribution >= 4 is 16.9 Å². The molecule has 2 aliphatic rings. The fourth-order valence-corrected chi connectivity index (χ4v) is 5.24. The molecule has 2 fully saturated rings. The van der Waals surface area contributed by atoms with Gasteiger partial charge in [-0.2, -0.15) is 0 Å². The van der Waals surface area contributed by atoms with Crippen molar-refractivity contribution in [2.45, 2.75) is 77.6 Å². The van der Waals surface area contributed by atoms with Gasteiger partial charge in [-0.25, -0.2) is 4.79 Å². The van der Waals surface area contributed by atoms with E-state index in [-0.39, 0.29) is 12.2 Å². The third-order valence-electron chi connectivity index (χ3n) is 6.80. The van der Waals surface area contributed by atoms with Gasteiger partial charge in [0.05, 0.1) is 19.3 Å². The van der Waals surface area contributed by atoms with Gasteiger partial charge in [-0.05, 0) is 61.4 Å². The maximum Gasteiger partial charge on any atom is 0.410 e. The van der Waals surface area contributed by atoms with Crippen LogP contribution >= 0.6 is 0 Å². The number of amides is 1. The molecular weight excluding hydrogens is 386 g/mol. The first kappa shape index (κ1) is 22.1. The quantitative estimate of drug-likeness (QED) is 0.559. The van der Waals surface area contributed by atoms with Crippen molar-refractivity contribution in [1.29, 1.82) is 0 Å². The Hall–Kier alpha value is -2.07. The van der Waals surface area contributed by atoms with E-state index in [9.17, 15) is 4.79 Å². The van der Waals surface area contributed by atoms with Crippen molar-refractivity contribution in [2.24, 2.45) is 11.8 Å². The van der Waals surface area contributed by atoms with Crippen LogP contribution < -0.4 is 0 Å².